The van der Waals surface area contributed by atoms with Gasteiger partial charge >= 0.3 is 5.97 Å². The molecular formula is C17H16N4O3. The van der Waals surface area contributed by atoms with Gasteiger partial charge in [-0.2, -0.15) is 0 Å². The molecule has 0 amide bonds. The first-order chi connectivity index (χ1) is 11.6. The van der Waals surface area contributed by atoms with Crippen molar-refractivity contribution >= 4 is 11.7 Å². The number of nitrogens with zero attached hydrogens (tertiary/aromatic N) is 2. The van der Waals surface area contributed by atoms with E-state index in [0.29, 0.717) is 29.4 Å². The van der Waals surface area contributed by atoms with E-state index in [0.717, 1.165) is 11.1 Å². The highest BCUT2D eigenvalue weighted by molar-refractivity contribution is 5.88. The lowest BCUT2D eigenvalue weighted by Gasteiger charge is -2.07. The SMILES string of the molecule is COCc1cccc(-c2ncc(N)c(-c3c[nH]c(C(=O)O)c3)n2)c1. The van der Waals surface area contributed by atoms with Crippen molar-refractivity contribution in [2.45, 2.75) is 6.61 Å². The fraction of sp³-hybridized carbons (Fsp3) is 0.118. The summed E-state index contributed by atoms with van der Waals surface area (Å²) < 4.78 is 5.14. The first kappa shape index (κ1) is 15.7. The molecule has 7 heteroatoms. The van der Waals surface area contributed by atoms with Crippen molar-refractivity contribution in [2.24, 2.45) is 0 Å². The molecule has 3 aromatic rings. The van der Waals surface area contributed by atoms with E-state index >= 15 is 0 Å². The minimum Gasteiger partial charge on any atom is -0.477 e. The molecule has 0 bridgehead atoms. The molecule has 3 rings (SSSR count). The molecule has 0 saturated heterocycles. The van der Waals surface area contributed by atoms with Gasteiger partial charge in [0, 0.05) is 24.4 Å². The number of nitrogen functional groups attached to an aromatic ring is 1. The van der Waals surface area contributed by atoms with Crippen molar-refractivity contribution in [3.8, 4) is 22.6 Å². The number of rotatable bonds is 5. The number of aromatic carboxylic acids is 1. The van der Waals surface area contributed by atoms with E-state index in [1.54, 1.807) is 13.3 Å². The third-order valence-electron chi connectivity index (χ3n) is 3.50. The van der Waals surface area contributed by atoms with Gasteiger partial charge in [-0.05, 0) is 17.7 Å². The van der Waals surface area contributed by atoms with Gasteiger partial charge < -0.3 is 20.6 Å². The molecule has 0 fully saturated rings. The van der Waals surface area contributed by atoms with Gasteiger partial charge in [0.2, 0.25) is 0 Å². The zero-order valence-corrected chi connectivity index (χ0v) is 13.0. The second kappa shape index (κ2) is 6.51. The maximum absolute atomic E-state index is 11.0. The molecule has 0 atom stereocenters. The molecule has 24 heavy (non-hydrogen) atoms. The van der Waals surface area contributed by atoms with Crippen LogP contribution >= 0.6 is 0 Å². The number of aromatic amines is 1. The molecule has 0 radical (unpaired) electrons. The van der Waals surface area contributed by atoms with E-state index in [1.807, 2.05) is 24.3 Å². The summed E-state index contributed by atoms with van der Waals surface area (Å²) >= 11 is 0. The van der Waals surface area contributed by atoms with Crippen LogP contribution < -0.4 is 5.73 Å². The zero-order valence-electron chi connectivity index (χ0n) is 13.0. The lowest BCUT2D eigenvalue weighted by Crippen LogP contribution is -1.98. The number of benzene rings is 1. The maximum Gasteiger partial charge on any atom is 0.352 e. The summed E-state index contributed by atoms with van der Waals surface area (Å²) in [6, 6.07) is 9.19. The van der Waals surface area contributed by atoms with Crippen LogP contribution in [0.3, 0.4) is 0 Å². The average Bonchev–Trinajstić information content (AvgIpc) is 3.06. The Morgan fingerprint density at radius 3 is 2.88 bits per heavy atom. The van der Waals surface area contributed by atoms with Crippen LogP contribution in [0.5, 0.6) is 0 Å². The summed E-state index contributed by atoms with van der Waals surface area (Å²) in [6.45, 7) is 0.495. The second-order valence-corrected chi connectivity index (χ2v) is 5.24. The summed E-state index contributed by atoms with van der Waals surface area (Å²) in [7, 11) is 1.64. The number of aromatic nitrogens is 3. The summed E-state index contributed by atoms with van der Waals surface area (Å²) in [5, 5.41) is 9.02. The largest absolute Gasteiger partial charge is 0.477 e. The number of carboxylic acids is 1. The van der Waals surface area contributed by atoms with Crippen LogP contribution in [0.15, 0.2) is 42.7 Å². The summed E-state index contributed by atoms with van der Waals surface area (Å²) in [6.07, 6.45) is 3.08. The minimum absolute atomic E-state index is 0.0756. The van der Waals surface area contributed by atoms with E-state index in [2.05, 4.69) is 15.0 Å². The molecule has 4 N–H and O–H groups in total. The number of nitrogens with one attached hydrogen (secondary N) is 1. The number of anilines is 1. The summed E-state index contributed by atoms with van der Waals surface area (Å²) in [5.74, 6) is -0.531. The highest BCUT2D eigenvalue weighted by Gasteiger charge is 2.13. The van der Waals surface area contributed by atoms with Crippen LogP contribution in [0.4, 0.5) is 5.69 Å². The van der Waals surface area contributed by atoms with E-state index in [1.165, 1.54) is 12.3 Å². The van der Waals surface area contributed by atoms with Gasteiger partial charge in [-0.3, -0.25) is 0 Å². The van der Waals surface area contributed by atoms with Crippen LogP contribution in [0, 0.1) is 0 Å². The van der Waals surface area contributed by atoms with Crippen molar-refractivity contribution in [1.29, 1.82) is 0 Å². The molecule has 1 aromatic carbocycles. The first-order valence-corrected chi connectivity index (χ1v) is 7.21. The number of carbonyl (C=O) groups is 1. The summed E-state index contributed by atoms with van der Waals surface area (Å²) in [4.78, 5) is 22.5. The fourth-order valence-corrected chi connectivity index (χ4v) is 2.38. The van der Waals surface area contributed by atoms with Gasteiger partial charge in [-0.15, -0.1) is 0 Å². The quantitative estimate of drug-likeness (QED) is 0.664. The molecule has 0 aliphatic rings. The molecule has 0 saturated carbocycles. The average molecular weight is 324 g/mol. The monoisotopic (exact) mass is 324 g/mol. The van der Waals surface area contributed by atoms with E-state index < -0.39 is 5.97 Å². The van der Waals surface area contributed by atoms with Crippen LogP contribution in [0.1, 0.15) is 16.1 Å². The number of hydrogen-bond donors (Lipinski definition) is 3. The molecule has 2 heterocycles. The van der Waals surface area contributed by atoms with Gasteiger partial charge in [0.25, 0.3) is 0 Å². The number of methoxy groups -OCH3 is 1. The predicted octanol–water partition coefficient (Wildman–Crippen LogP) is 2.57. The van der Waals surface area contributed by atoms with E-state index in [-0.39, 0.29) is 5.69 Å². The first-order valence-electron chi connectivity index (χ1n) is 7.21. The van der Waals surface area contributed by atoms with E-state index in [4.69, 9.17) is 15.6 Å². The fourth-order valence-electron chi connectivity index (χ4n) is 2.38. The molecule has 7 nitrogen and oxygen atoms in total. The van der Waals surface area contributed by atoms with Gasteiger partial charge in [0.15, 0.2) is 5.82 Å². The topological polar surface area (TPSA) is 114 Å². The number of hydrogen-bond acceptors (Lipinski definition) is 5. The molecule has 2 aromatic heterocycles. The molecule has 0 aliphatic heterocycles. The number of ether oxygens (including phenoxy) is 1. The zero-order chi connectivity index (χ0) is 17.1. The van der Waals surface area contributed by atoms with Crippen LogP contribution in [-0.2, 0) is 11.3 Å². The lowest BCUT2D eigenvalue weighted by atomic mass is 10.1. The lowest BCUT2D eigenvalue weighted by molar-refractivity contribution is 0.0691. The number of H-pyrrole nitrogens is 1. The Morgan fingerprint density at radius 2 is 2.17 bits per heavy atom. The van der Waals surface area contributed by atoms with Crippen LogP contribution in [0.2, 0.25) is 0 Å². The van der Waals surface area contributed by atoms with E-state index in [9.17, 15) is 4.79 Å². The maximum atomic E-state index is 11.0. The molecule has 122 valence electrons. The van der Waals surface area contributed by atoms with Crippen molar-refractivity contribution in [3.05, 3.63) is 54.0 Å². The molecule has 0 aliphatic carbocycles. The van der Waals surface area contributed by atoms with Crippen molar-refractivity contribution < 1.29 is 14.6 Å². The standard InChI is InChI=1S/C17H16N4O3/c1-24-9-10-3-2-4-11(5-10)16-20-8-13(18)15(21-16)12-6-14(17(22)23)19-7-12/h2-8,19H,9,18H2,1H3,(H,22,23). The Kier molecular flexibility index (Phi) is 4.26. The smallest absolute Gasteiger partial charge is 0.352 e. The summed E-state index contributed by atoms with van der Waals surface area (Å²) in [5.41, 5.74) is 9.33. The molecule has 0 unspecified atom stereocenters. The number of nitrogens with two attached hydrogens (primary N) is 1. The Bertz CT molecular complexity index is 889. The minimum atomic E-state index is -1.04. The van der Waals surface area contributed by atoms with Crippen LogP contribution in [-0.4, -0.2) is 33.1 Å². The highest BCUT2D eigenvalue weighted by atomic mass is 16.5. The Hall–Kier alpha value is -3.19. The Balaban J connectivity index is 2.02. The normalized spacial score (nSPS) is 10.7. The Morgan fingerprint density at radius 1 is 1.33 bits per heavy atom. The Labute approximate surface area is 138 Å². The third kappa shape index (κ3) is 3.11. The van der Waals surface area contributed by atoms with Gasteiger partial charge in [0.05, 0.1) is 24.2 Å². The molecule has 0 spiro atoms. The number of carboxylic acid groups (broad SMARTS) is 1. The van der Waals surface area contributed by atoms with Crippen LogP contribution in [0.25, 0.3) is 22.6 Å². The van der Waals surface area contributed by atoms with Crippen molar-refractivity contribution in [3.63, 3.8) is 0 Å². The van der Waals surface area contributed by atoms with Crippen molar-refractivity contribution in [2.75, 3.05) is 12.8 Å². The van der Waals surface area contributed by atoms with Gasteiger partial charge in [0.1, 0.15) is 5.69 Å². The highest BCUT2D eigenvalue weighted by Crippen LogP contribution is 2.27. The van der Waals surface area contributed by atoms with Gasteiger partial charge in [-0.25, -0.2) is 14.8 Å². The predicted molar refractivity (Wildman–Crippen MR) is 89.3 cm³/mol. The van der Waals surface area contributed by atoms with Crippen molar-refractivity contribution in [1.82, 2.24) is 15.0 Å². The van der Waals surface area contributed by atoms with Gasteiger partial charge in [-0.1, -0.05) is 18.2 Å². The third-order valence-corrected chi connectivity index (χ3v) is 3.50. The molecular weight excluding hydrogens is 308 g/mol. The second-order valence-electron chi connectivity index (χ2n) is 5.24.